The summed E-state index contributed by atoms with van der Waals surface area (Å²) in [6.07, 6.45) is 2.19. The van der Waals surface area contributed by atoms with Crippen molar-refractivity contribution < 1.29 is 50.4 Å². The third-order valence-corrected chi connectivity index (χ3v) is 5.62. The standard InChI is InChI=1S/C26H27N3O10/c27-15(5-13-8-19(32)23(36)20(33)9-13)25(38)29-16(6-14-10-21(34)24(37)22(35)11-14)26(39)28-4-3-12-1-2-17(30)18(31)7-12/h1-4,7-11,15-16,30-37H,5-6,27H2,(H,28,39)(H,29,38)/b4-3+/t15-,16?/m0/s1. The summed E-state index contributed by atoms with van der Waals surface area (Å²) in [5, 5.41) is 82.0. The SMILES string of the molecule is N[C@@H](Cc1cc(O)c(O)c(O)c1)C(=O)NC(Cc1cc(O)c(O)c(O)c1)C(=O)N/C=C/c1ccc(O)c(O)c1. The van der Waals surface area contributed by atoms with Gasteiger partial charge in [0.05, 0.1) is 6.04 Å². The van der Waals surface area contributed by atoms with E-state index in [0.29, 0.717) is 5.56 Å². The summed E-state index contributed by atoms with van der Waals surface area (Å²) in [4.78, 5) is 25.8. The van der Waals surface area contributed by atoms with Gasteiger partial charge in [-0.3, -0.25) is 9.59 Å². The van der Waals surface area contributed by atoms with E-state index in [1.54, 1.807) is 0 Å². The summed E-state index contributed by atoms with van der Waals surface area (Å²) < 4.78 is 0. The number of rotatable bonds is 9. The van der Waals surface area contributed by atoms with Gasteiger partial charge in [-0.05, 0) is 65.6 Å². The van der Waals surface area contributed by atoms with E-state index in [1.807, 2.05) is 0 Å². The van der Waals surface area contributed by atoms with Gasteiger partial charge in [0.2, 0.25) is 11.8 Å². The average Bonchev–Trinajstić information content (AvgIpc) is 2.87. The molecule has 13 nitrogen and oxygen atoms in total. The minimum absolute atomic E-state index is 0.178. The first-order valence-corrected chi connectivity index (χ1v) is 11.4. The highest BCUT2D eigenvalue weighted by Crippen LogP contribution is 2.36. The number of phenols is 8. The van der Waals surface area contributed by atoms with Crippen molar-refractivity contribution in [2.45, 2.75) is 24.9 Å². The molecule has 3 aromatic carbocycles. The number of nitrogens with one attached hydrogen (secondary N) is 2. The molecule has 3 rings (SSSR count). The molecule has 0 aliphatic heterocycles. The second-order valence-corrected chi connectivity index (χ2v) is 8.63. The Labute approximate surface area is 221 Å². The van der Waals surface area contributed by atoms with E-state index in [4.69, 9.17) is 5.73 Å². The highest BCUT2D eigenvalue weighted by atomic mass is 16.3. The zero-order valence-electron chi connectivity index (χ0n) is 20.2. The van der Waals surface area contributed by atoms with Crippen LogP contribution in [0.2, 0.25) is 0 Å². The van der Waals surface area contributed by atoms with E-state index >= 15 is 0 Å². The van der Waals surface area contributed by atoms with Crippen LogP contribution in [-0.2, 0) is 22.4 Å². The topological polar surface area (TPSA) is 246 Å². The van der Waals surface area contributed by atoms with Crippen LogP contribution in [0.15, 0.2) is 48.7 Å². The molecular formula is C26H27N3O10. The molecule has 0 aliphatic carbocycles. The van der Waals surface area contributed by atoms with Gasteiger partial charge in [-0.2, -0.15) is 0 Å². The molecule has 0 spiro atoms. The average molecular weight is 542 g/mol. The molecule has 0 radical (unpaired) electrons. The Balaban J connectivity index is 1.78. The number of benzene rings is 3. The molecule has 1 unspecified atom stereocenters. The predicted molar refractivity (Wildman–Crippen MR) is 137 cm³/mol. The van der Waals surface area contributed by atoms with Crippen LogP contribution in [-0.4, -0.2) is 64.8 Å². The number of hydrogen-bond donors (Lipinski definition) is 11. The van der Waals surface area contributed by atoms with Crippen LogP contribution in [0.5, 0.6) is 46.0 Å². The monoisotopic (exact) mass is 541 g/mol. The van der Waals surface area contributed by atoms with E-state index in [2.05, 4.69) is 10.6 Å². The van der Waals surface area contributed by atoms with Gasteiger partial charge < -0.3 is 57.2 Å². The normalized spacial score (nSPS) is 12.6. The summed E-state index contributed by atoms with van der Waals surface area (Å²) in [5.41, 5.74) is 6.79. The molecule has 0 fully saturated rings. The first-order valence-electron chi connectivity index (χ1n) is 11.4. The lowest BCUT2D eigenvalue weighted by Gasteiger charge is -2.21. The molecule has 0 saturated carbocycles. The Morgan fingerprint density at radius 2 is 1.21 bits per heavy atom. The van der Waals surface area contributed by atoms with Crippen LogP contribution in [0.3, 0.4) is 0 Å². The van der Waals surface area contributed by atoms with Crippen LogP contribution in [0.4, 0.5) is 0 Å². The number of carbonyl (C=O) groups is 2. The smallest absolute Gasteiger partial charge is 0.246 e. The molecule has 12 N–H and O–H groups in total. The fourth-order valence-corrected chi connectivity index (χ4v) is 3.59. The summed E-state index contributed by atoms with van der Waals surface area (Å²) in [7, 11) is 0. The first kappa shape index (κ1) is 28.3. The van der Waals surface area contributed by atoms with Gasteiger partial charge in [-0.25, -0.2) is 0 Å². The van der Waals surface area contributed by atoms with Crippen LogP contribution in [0.1, 0.15) is 16.7 Å². The highest BCUT2D eigenvalue weighted by molar-refractivity contribution is 5.90. The summed E-state index contributed by atoms with van der Waals surface area (Å²) in [6.45, 7) is 0. The van der Waals surface area contributed by atoms with Crippen LogP contribution >= 0.6 is 0 Å². The summed E-state index contributed by atoms with van der Waals surface area (Å²) >= 11 is 0. The van der Waals surface area contributed by atoms with Crippen LogP contribution in [0, 0.1) is 0 Å². The molecule has 0 bridgehead atoms. The zero-order valence-corrected chi connectivity index (χ0v) is 20.2. The Morgan fingerprint density at radius 3 is 1.72 bits per heavy atom. The fourth-order valence-electron chi connectivity index (χ4n) is 3.59. The van der Waals surface area contributed by atoms with E-state index in [-0.39, 0.29) is 35.5 Å². The summed E-state index contributed by atoms with van der Waals surface area (Å²) in [6, 6.07) is 5.82. The minimum Gasteiger partial charge on any atom is -0.504 e. The van der Waals surface area contributed by atoms with E-state index in [0.717, 1.165) is 24.3 Å². The second kappa shape index (κ2) is 11.8. The number of nitrogens with two attached hydrogens (primary N) is 1. The summed E-state index contributed by atoms with van der Waals surface area (Å²) in [5.74, 6) is -6.25. The van der Waals surface area contributed by atoms with E-state index in [1.165, 1.54) is 30.5 Å². The molecule has 206 valence electrons. The van der Waals surface area contributed by atoms with Gasteiger partial charge >= 0.3 is 0 Å². The van der Waals surface area contributed by atoms with Gasteiger partial charge in [0.1, 0.15) is 6.04 Å². The largest absolute Gasteiger partial charge is 0.504 e. The van der Waals surface area contributed by atoms with Crippen LogP contribution < -0.4 is 16.4 Å². The van der Waals surface area contributed by atoms with Gasteiger partial charge in [0.15, 0.2) is 46.0 Å². The Kier molecular flexibility index (Phi) is 8.58. The molecular weight excluding hydrogens is 514 g/mol. The van der Waals surface area contributed by atoms with Crippen molar-refractivity contribution in [1.29, 1.82) is 0 Å². The maximum Gasteiger partial charge on any atom is 0.246 e. The van der Waals surface area contributed by atoms with E-state index < -0.39 is 58.4 Å². The lowest BCUT2D eigenvalue weighted by Crippen LogP contribution is -2.52. The molecule has 3 aromatic rings. The number of carbonyl (C=O) groups excluding carboxylic acids is 2. The second-order valence-electron chi connectivity index (χ2n) is 8.63. The lowest BCUT2D eigenvalue weighted by atomic mass is 10.0. The number of amides is 2. The van der Waals surface area contributed by atoms with Crippen molar-refractivity contribution in [3.63, 3.8) is 0 Å². The van der Waals surface area contributed by atoms with Gasteiger partial charge in [-0.15, -0.1) is 0 Å². The molecule has 2 amide bonds. The highest BCUT2D eigenvalue weighted by Gasteiger charge is 2.25. The first-order chi connectivity index (χ1) is 18.3. The molecule has 0 aromatic heterocycles. The molecule has 13 heteroatoms. The molecule has 2 atom stereocenters. The van der Waals surface area contributed by atoms with Gasteiger partial charge in [0.25, 0.3) is 0 Å². The maximum atomic E-state index is 13.0. The van der Waals surface area contributed by atoms with Gasteiger partial charge in [0, 0.05) is 12.6 Å². The van der Waals surface area contributed by atoms with Crippen molar-refractivity contribution in [3.8, 4) is 46.0 Å². The van der Waals surface area contributed by atoms with Crippen molar-refractivity contribution in [1.82, 2.24) is 10.6 Å². The third kappa shape index (κ3) is 7.14. The van der Waals surface area contributed by atoms with Crippen molar-refractivity contribution >= 4 is 17.9 Å². The molecule has 0 saturated heterocycles. The van der Waals surface area contributed by atoms with Crippen molar-refractivity contribution in [2.24, 2.45) is 5.73 Å². The molecule has 0 heterocycles. The number of hydrogen-bond acceptors (Lipinski definition) is 11. The minimum atomic E-state index is -1.30. The van der Waals surface area contributed by atoms with Crippen molar-refractivity contribution in [2.75, 3.05) is 0 Å². The number of aromatic hydroxyl groups is 8. The van der Waals surface area contributed by atoms with Crippen LogP contribution in [0.25, 0.3) is 6.08 Å². The Bertz CT molecular complexity index is 1380. The van der Waals surface area contributed by atoms with E-state index in [9.17, 15) is 50.4 Å². The molecule has 39 heavy (non-hydrogen) atoms. The quantitative estimate of drug-likeness (QED) is 0.168. The van der Waals surface area contributed by atoms with Crippen molar-refractivity contribution in [3.05, 3.63) is 65.4 Å². The molecule has 0 aliphatic rings. The number of phenolic OH excluding ortho intramolecular Hbond substituents is 8. The predicted octanol–water partition coefficient (Wildman–Crippen LogP) is 0.716. The third-order valence-electron chi connectivity index (χ3n) is 5.62. The lowest BCUT2D eigenvalue weighted by molar-refractivity contribution is -0.129. The van der Waals surface area contributed by atoms with Gasteiger partial charge in [-0.1, -0.05) is 6.07 Å². The Morgan fingerprint density at radius 1 is 0.692 bits per heavy atom. The Hall–Kier alpha value is -5.30. The zero-order chi connectivity index (χ0) is 28.9. The fraction of sp³-hybridized carbons (Fsp3) is 0.154. The maximum absolute atomic E-state index is 13.0.